The van der Waals surface area contributed by atoms with E-state index in [0.717, 1.165) is 16.7 Å². The van der Waals surface area contributed by atoms with E-state index >= 15 is 0 Å². The van der Waals surface area contributed by atoms with Crippen LogP contribution in [0.15, 0.2) is 55.1 Å². The summed E-state index contributed by atoms with van der Waals surface area (Å²) in [5.74, 6) is -0.302. The standard InChI is InChI=1S/C21H19NO4/c1-3-7-17-10-15(11-18(13-22)16-8-5-4-6-9-16)12-19(25-2)21(17)26-14-20(23)24/h3-6,8-12H,1,7,14H2,2H3,(H,23,24)/b18-11+. The van der Waals surface area contributed by atoms with Crippen LogP contribution in [0.25, 0.3) is 11.6 Å². The predicted octanol–water partition coefficient (Wildman–Crippen LogP) is 3.95. The number of carboxylic acid groups (broad SMARTS) is 1. The molecule has 0 fully saturated rings. The van der Waals surface area contributed by atoms with E-state index in [1.54, 1.807) is 18.2 Å². The van der Waals surface area contributed by atoms with Gasteiger partial charge in [-0.05, 0) is 35.8 Å². The molecule has 0 unspecified atom stereocenters. The monoisotopic (exact) mass is 349 g/mol. The number of ether oxygens (including phenoxy) is 2. The second kappa shape index (κ2) is 9.09. The number of benzene rings is 2. The minimum Gasteiger partial charge on any atom is -0.493 e. The van der Waals surface area contributed by atoms with Gasteiger partial charge in [-0.15, -0.1) is 6.58 Å². The summed E-state index contributed by atoms with van der Waals surface area (Å²) >= 11 is 0. The van der Waals surface area contributed by atoms with E-state index in [2.05, 4.69) is 12.6 Å². The van der Waals surface area contributed by atoms with Gasteiger partial charge in [0.1, 0.15) is 0 Å². The number of methoxy groups -OCH3 is 1. The molecule has 0 aliphatic rings. The molecule has 26 heavy (non-hydrogen) atoms. The van der Waals surface area contributed by atoms with Gasteiger partial charge in [0.05, 0.1) is 18.8 Å². The Morgan fingerprint density at radius 1 is 1.31 bits per heavy atom. The highest BCUT2D eigenvalue weighted by Crippen LogP contribution is 2.34. The molecule has 0 spiro atoms. The number of nitriles is 1. The van der Waals surface area contributed by atoms with Crippen molar-refractivity contribution in [1.29, 1.82) is 5.26 Å². The van der Waals surface area contributed by atoms with Gasteiger partial charge in [0, 0.05) is 5.56 Å². The van der Waals surface area contributed by atoms with Gasteiger partial charge in [-0.25, -0.2) is 4.79 Å². The molecule has 2 aromatic rings. The fraction of sp³-hybridized carbons (Fsp3) is 0.143. The Balaban J connectivity index is 2.51. The first-order chi connectivity index (χ1) is 12.6. The molecule has 2 rings (SSSR count). The summed E-state index contributed by atoms with van der Waals surface area (Å²) in [6.45, 7) is 3.25. The second-order valence-electron chi connectivity index (χ2n) is 5.42. The average molecular weight is 349 g/mol. The van der Waals surface area contributed by atoms with Crippen LogP contribution in [-0.4, -0.2) is 24.8 Å². The third-order valence-electron chi connectivity index (χ3n) is 3.59. The van der Waals surface area contributed by atoms with E-state index in [0.29, 0.717) is 23.5 Å². The van der Waals surface area contributed by atoms with Crippen molar-refractivity contribution in [2.24, 2.45) is 0 Å². The molecule has 0 radical (unpaired) electrons. The highest BCUT2D eigenvalue weighted by Gasteiger charge is 2.14. The summed E-state index contributed by atoms with van der Waals surface area (Å²) in [5.41, 5.74) is 2.81. The molecule has 1 N–H and O–H groups in total. The van der Waals surface area contributed by atoms with Crippen LogP contribution in [0.5, 0.6) is 11.5 Å². The molecule has 0 atom stereocenters. The van der Waals surface area contributed by atoms with Crippen molar-refractivity contribution < 1.29 is 19.4 Å². The third kappa shape index (κ3) is 4.74. The molecule has 2 aromatic carbocycles. The van der Waals surface area contributed by atoms with Crippen LogP contribution in [0.4, 0.5) is 0 Å². The van der Waals surface area contributed by atoms with Crippen molar-refractivity contribution in [2.45, 2.75) is 6.42 Å². The van der Waals surface area contributed by atoms with E-state index in [1.807, 2.05) is 36.4 Å². The number of rotatable bonds is 8. The first-order valence-electron chi connectivity index (χ1n) is 7.92. The zero-order valence-corrected chi connectivity index (χ0v) is 14.4. The quantitative estimate of drug-likeness (QED) is 0.443. The number of aliphatic carboxylic acids is 1. The lowest BCUT2D eigenvalue weighted by Crippen LogP contribution is -2.11. The lowest BCUT2D eigenvalue weighted by Gasteiger charge is -2.15. The fourth-order valence-electron chi connectivity index (χ4n) is 2.49. The van der Waals surface area contributed by atoms with Crippen molar-refractivity contribution in [2.75, 3.05) is 13.7 Å². The highest BCUT2D eigenvalue weighted by atomic mass is 16.5. The van der Waals surface area contributed by atoms with E-state index in [1.165, 1.54) is 7.11 Å². The molecular formula is C21H19NO4. The lowest BCUT2D eigenvalue weighted by atomic mass is 10.0. The van der Waals surface area contributed by atoms with Crippen molar-refractivity contribution in [3.63, 3.8) is 0 Å². The van der Waals surface area contributed by atoms with Crippen LogP contribution in [0.1, 0.15) is 16.7 Å². The van der Waals surface area contributed by atoms with Crippen molar-refractivity contribution in [3.8, 4) is 17.6 Å². The summed E-state index contributed by atoms with van der Waals surface area (Å²) in [7, 11) is 1.48. The summed E-state index contributed by atoms with van der Waals surface area (Å²) in [4.78, 5) is 10.8. The van der Waals surface area contributed by atoms with E-state index in [-0.39, 0.29) is 0 Å². The van der Waals surface area contributed by atoms with Crippen molar-refractivity contribution >= 4 is 17.6 Å². The van der Waals surface area contributed by atoms with Gasteiger partial charge in [0.25, 0.3) is 0 Å². The van der Waals surface area contributed by atoms with E-state index in [4.69, 9.17) is 14.6 Å². The molecule has 0 aliphatic heterocycles. The number of carbonyl (C=O) groups is 1. The van der Waals surface area contributed by atoms with Crippen LogP contribution in [0.3, 0.4) is 0 Å². The largest absolute Gasteiger partial charge is 0.493 e. The van der Waals surface area contributed by atoms with Crippen LogP contribution < -0.4 is 9.47 Å². The third-order valence-corrected chi connectivity index (χ3v) is 3.59. The molecule has 0 amide bonds. The fourth-order valence-corrected chi connectivity index (χ4v) is 2.49. The van der Waals surface area contributed by atoms with Gasteiger partial charge >= 0.3 is 5.97 Å². The zero-order valence-electron chi connectivity index (χ0n) is 14.4. The van der Waals surface area contributed by atoms with E-state index in [9.17, 15) is 10.1 Å². The minimum absolute atomic E-state index is 0.366. The Hall–Kier alpha value is -3.52. The molecule has 5 heteroatoms. The van der Waals surface area contributed by atoms with Gasteiger partial charge in [0.2, 0.25) is 0 Å². The maximum atomic E-state index is 10.8. The van der Waals surface area contributed by atoms with Crippen LogP contribution in [0.2, 0.25) is 0 Å². The smallest absolute Gasteiger partial charge is 0.341 e. The summed E-state index contributed by atoms with van der Waals surface area (Å²) < 4.78 is 10.7. The lowest BCUT2D eigenvalue weighted by molar-refractivity contribution is -0.139. The van der Waals surface area contributed by atoms with Crippen molar-refractivity contribution in [1.82, 2.24) is 0 Å². The second-order valence-corrected chi connectivity index (χ2v) is 5.42. The predicted molar refractivity (Wildman–Crippen MR) is 100.0 cm³/mol. The molecule has 0 aromatic heterocycles. The number of nitrogens with zero attached hydrogens (tertiary/aromatic N) is 1. The topological polar surface area (TPSA) is 79.5 Å². The molecule has 0 saturated carbocycles. The van der Waals surface area contributed by atoms with E-state index < -0.39 is 12.6 Å². The molecule has 0 heterocycles. The number of hydrogen-bond acceptors (Lipinski definition) is 4. The molecule has 0 saturated heterocycles. The number of allylic oxidation sites excluding steroid dienone is 2. The first-order valence-corrected chi connectivity index (χ1v) is 7.92. The van der Waals surface area contributed by atoms with Gasteiger partial charge in [-0.1, -0.05) is 36.4 Å². The maximum absolute atomic E-state index is 10.8. The molecule has 0 aliphatic carbocycles. The van der Waals surface area contributed by atoms with Gasteiger partial charge < -0.3 is 14.6 Å². The van der Waals surface area contributed by atoms with Gasteiger partial charge in [-0.2, -0.15) is 5.26 Å². The summed E-state index contributed by atoms with van der Waals surface area (Å²) in [6, 6.07) is 15.1. The highest BCUT2D eigenvalue weighted by molar-refractivity contribution is 5.90. The van der Waals surface area contributed by atoms with Gasteiger partial charge in [-0.3, -0.25) is 0 Å². The average Bonchev–Trinajstić information content (AvgIpc) is 2.65. The van der Waals surface area contributed by atoms with Crippen molar-refractivity contribution in [3.05, 3.63) is 71.8 Å². The Kier molecular flexibility index (Phi) is 6.58. The zero-order chi connectivity index (χ0) is 18.9. The molecular weight excluding hydrogens is 330 g/mol. The Morgan fingerprint density at radius 3 is 2.62 bits per heavy atom. The summed E-state index contributed by atoms with van der Waals surface area (Å²) in [6.07, 6.45) is 3.92. The Morgan fingerprint density at radius 2 is 2.04 bits per heavy atom. The Bertz CT molecular complexity index is 864. The normalized spacial score (nSPS) is 10.7. The number of carboxylic acids is 1. The molecule has 0 bridgehead atoms. The first kappa shape index (κ1) is 18.8. The van der Waals surface area contributed by atoms with Crippen LogP contribution >= 0.6 is 0 Å². The van der Waals surface area contributed by atoms with Gasteiger partial charge in [0.15, 0.2) is 18.1 Å². The Labute approximate surface area is 152 Å². The van der Waals surface area contributed by atoms with Crippen LogP contribution in [-0.2, 0) is 11.2 Å². The summed E-state index contributed by atoms with van der Waals surface area (Å²) in [5, 5.41) is 18.3. The van der Waals surface area contributed by atoms with Crippen LogP contribution in [0, 0.1) is 11.3 Å². The molecule has 132 valence electrons. The minimum atomic E-state index is -1.07. The molecule has 5 nitrogen and oxygen atoms in total. The number of hydrogen-bond donors (Lipinski definition) is 1. The SMILES string of the molecule is C=CCc1cc(/C=C(\C#N)c2ccccc2)cc(OC)c1OCC(=O)O. The maximum Gasteiger partial charge on any atom is 0.341 e.